The van der Waals surface area contributed by atoms with Crippen molar-refractivity contribution in [3.8, 4) is 22.6 Å². The molecule has 1 aliphatic rings. The predicted molar refractivity (Wildman–Crippen MR) is 189 cm³/mol. The Morgan fingerprint density at radius 1 is 0.767 bits per heavy atom. The second kappa shape index (κ2) is 15.3. The highest BCUT2D eigenvalue weighted by Gasteiger charge is 2.38. The number of nitrogens with one attached hydrogen (secondary N) is 1. The Bertz CT molecular complexity index is 1550. The van der Waals surface area contributed by atoms with Gasteiger partial charge in [0.05, 0.1) is 30.5 Å². The highest BCUT2D eigenvalue weighted by Crippen LogP contribution is 2.36. The van der Waals surface area contributed by atoms with Gasteiger partial charge in [0.25, 0.3) is 0 Å². The van der Waals surface area contributed by atoms with Gasteiger partial charge < -0.3 is 4.98 Å². The quantitative estimate of drug-likeness (QED) is 0.177. The van der Waals surface area contributed by atoms with Crippen LogP contribution in [0.2, 0.25) is 5.02 Å². The first-order valence-corrected chi connectivity index (χ1v) is 14.5. The maximum Gasteiger partial charge on any atom is 0.138 e. The number of hydrogen-bond donors (Lipinski definition) is 1. The number of hydrogen-bond acceptors (Lipinski definition) is 2. The van der Waals surface area contributed by atoms with E-state index in [1.807, 2.05) is 18.2 Å². The summed E-state index contributed by atoms with van der Waals surface area (Å²) in [6.45, 7) is 9.43. The molecule has 0 saturated carbocycles. The first-order chi connectivity index (χ1) is 19.5. The highest BCUT2D eigenvalue weighted by molar-refractivity contribution is 6.30. The number of piperazine rings is 1. The van der Waals surface area contributed by atoms with Crippen LogP contribution in [0, 0.1) is 6.92 Å². The lowest BCUT2D eigenvalue weighted by atomic mass is 10.0. The third-order valence-corrected chi connectivity index (χ3v) is 8.65. The fourth-order valence-electron chi connectivity index (χ4n) is 5.98. The van der Waals surface area contributed by atoms with Crippen molar-refractivity contribution in [2.24, 2.45) is 0 Å². The number of benzene rings is 4. The molecular formula is C35H39Cl4N4+. The van der Waals surface area contributed by atoms with E-state index in [9.17, 15) is 0 Å². The molecule has 226 valence electrons. The van der Waals surface area contributed by atoms with Crippen LogP contribution in [0.4, 0.5) is 5.69 Å². The molecular weight excluding hydrogens is 618 g/mol. The summed E-state index contributed by atoms with van der Waals surface area (Å²) in [5.41, 5.74) is 8.44. The predicted octanol–water partition coefficient (Wildman–Crippen LogP) is 9.56. The molecule has 5 aromatic rings. The maximum atomic E-state index is 6.28. The van der Waals surface area contributed by atoms with Gasteiger partial charge in [-0.1, -0.05) is 102 Å². The summed E-state index contributed by atoms with van der Waals surface area (Å²) in [6.07, 6.45) is 0. The molecule has 0 amide bonds. The summed E-state index contributed by atoms with van der Waals surface area (Å²) in [6, 6.07) is 38.7. The Morgan fingerprint density at radius 3 is 1.95 bits per heavy atom. The molecule has 1 aromatic heterocycles. The number of aryl methyl sites for hydroxylation is 1. The van der Waals surface area contributed by atoms with Crippen molar-refractivity contribution in [1.82, 2.24) is 19.4 Å². The molecule has 4 nitrogen and oxygen atoms in total. The summed E-state index contributed by atoms with van der Waals surface area (Å²) < 4.78 is 0.922. The van der Waals surface area contributed by atoms with Gasteiger partial charge >= 0.3 is 0 Å². The van der Waals surface area contributed by atoms with Gasteiger partial charge in [0, 0.05) is 41.4 Å². The third kappa shape index (κ3) is 7.64. The zero-order valence-corrected chi connectivity index (χ0v) is 27.7. The number of aromatic amines is 1. The zero-order valence-electron chi connectivity index (χ0n) is 24.4. The Kier molecular flexibility index (Phi) is 12.3. The number of rotatable bonds is 7. The van der Waals surface area contributed by atoms with E-state index >= 15 is 0 Å². The SMILES string of the molecule is Cc1ccc(-c2[nH]c(-c3ccccc3)nc2C(C)N2CC[N+](Cc3ccccc3)(c3ccc(Cl)cc3)CC2)cc1.Cl.Cl.Cl. The largest absolute Gasteiger partial charge is 0.338 e. The van der Waals surface area contributed by atoms with E-state index in [-0.39, 0.29) is 43.3 Å². The highest BCUT2D eigenvalue weighted by atomic mass is 35.5. The molecule has 1 aliphatic heterocycles. The molecule has 43 heavy (non-hydrogen) atoms. The van der Waals surface area contributed by atoms with Crippen molar-refractivity contribution < 1.29 is 0 Å². The number of imidazole rings is 1. The van der Waals surface area contributed by atoms with Crippen LogP contribution in [0.15, 0.2) is 109 Å². The van der Waals surface area contributed by atoms with Crippen LogP contribution in [-0.2, 0) is 6.54 Å². The van der Waals surface area contributed by atoms with Crippen molar-refractivity contribution in [3.63, 3.8) is 0 Å². The summed E-state index contributed by atoms with van der Waals surface area (Å²) in [7, 11) is 0. The lowest BCUT2D eigenvalue weighted by molar-refractivity contribution is 0.0992. The standard InChI is InChI=1S/C35H36ClN4.3ClH/c1-26-13-15-29(16-14-26)34-33(37-35(38-34)30-11-7-4-8-12-30)27(2)39-21-23-40(24-22-39,25-28-9-5-3-6-10-28)32-19-17-31(36)18-20-32;;;/h3-20,27H,21-25H2,1-2H3,(H,37,38);3*1H/q+1;;;. The van der Waals surface area contributed by atoms with Gasteiger partial charge in [-0.25, -0.2) is 4.98 Å². The fourth-order valence-corrected chi connectivity index (χ4v) is 6.11. The van der Waals surface area contributed by atoms with Crippen LogP contribution >= 0.6 is 48.8 Å². The smallest absolute Gasteiger partial charge is 0.138 e. The van der Waals surface area contributed by atoms with Crippen LogP contribution in [0.1, 0.15) is 29.8 Å². The third-order valence-electron chi connectivity index (χ3n) is 8.40. The topological polar surface area (TPSA) is 31.9 Å². The molecule has 2 heterocycles. The van der Waals surface area contributed by atoms with Crippen molar-refractivity contribution in [2.75, 3.05) is 26.2 Å². The number of aromatic nitrogens is 2. The molecule has 0 bridgehead atoms. The monoisotopic (exact) mass is 655 g/mol. The number of quaternary nitrogens is 1. The van der Waals surface area contributed by atoms with E-state index in [4.69, 9.17) is 16.6 Å². The molecule has 1 fully saturated rings. The molecule has 8 heteroatoms. The fraction of sp³-hybridized carbons (Fsp3) is 0.229. The minimum absolute atomic E-state index is 0. The van der Waals surface area contributed by atoms with E-state index < -0.39 is 0 Å². The Hall–Kier alpha value is -2.83. The molecule has 1 saturated heterocycles. The average molecular weight is 658 g/mol. The van der Waals surface area contributed by atoms with Gasteiger partial charge in [-0.3, -0.25) is 9.38 Å². The van der Waals surface area contributed by atoms with Crippen molar-refractivity contribution in [2.45, 2.75) is 26.4 Å². The minimum atomic E-state index is 0. The van der Waals surface area contributed by atoms with Crippen molar-refractivity contribution >= 4 is 54.5 Å². The van der Waals surface area contributed by atoms with Crippen molar-refractivity contribution in [1.29, 1.82) is 0 Å². The van der Waals surface area contributed by atoms with Crippen molar-refractivity contribution in [3.05, 3.63) is 131 Å². The summed E-state index contributed by atoms with van der Waals surface area (Å²) in [4.78, 5) is 11.5. The first-order valence-electron chi connectivity index (χ1n) is 14.1. The molecule has 6 rings (SSSR count). The summed E-state index contributed by atoms with van der Waals surface area (Å²) in [5.74, 6) is 0.922. The average Bonchev–Trinajstić information content (AvgIpc) is 3.44. The van der Waals surface area contributed by atoms with E-state index in [1.54, 1.807) is 0 Å². The molecule has 1 unspecified atom stereocenters. The number of nitrogens with zero attached hydrogens (tertiary/aromatic N) is 3. The second-order valence-corrected chi connectivity index (χ2v) is 11.4. The van der Waals surface area contributed by atoms with Crippen LogP contribution in [0.25, 0.3) is 22.6 Å². The lowest BCUT2D eigenvalue weighted by Gasteiger charge is -2.46. The van der Waals surface area contributed by atoms with Crippen LogP contribution in [-0.4, -0.2) is 41.0 Å². The Labute approximate surface area is 278 Å². The Morgan fingerprint density at radius 2 is 1.35 bits per heavy atom. The van der Waals surface area contributed by atoms with Crippen LogP contribution < -0.4 is 4.48 Å². The van der Waals surface area contributed by atoms with Gasteiger partial charge in [0.2, 0.25) is 0 Å². The normalized spacial score (nSPS) is 15.0. The molecule has 4 aromatic carbocycles. The molecule has 1 atom stereocenters. The maximum absolute atomic E-state index is 6.28. The minimum Gasteiger partial charge on any atom is -0.338 e. The van der Waals surface area contributed by atoms with Gasteiger partial charge in [-0.05, 0) is 31.5 Å². The van der Waals surface area contributed by atoms with Gasteiger partial charge in [0.15, 0.2) is 0 Å². The summed E-state index contributed by atoms with van der Waals surface area (Å²) in [5, 5.41) is 0.783. The van der Waals surface area contributed by atoms with Gasteiger partial charge in [0.1, 0.15) is 18.1 Å². The van der Waals surface area contributed by atoms with E-state index in [0.717, 1.165) is 65.0 Å². The van der Waals surface area contributed by atoms with E-state index in [1.165, 1.54) is 22.4 Å². The molecule has 1 N–H and O–H groups in total. The molecule has 0 radical (unpaired) electrons. The summed E-state index contributed by atoms with van der Waals surface area (Å²) >= 11 is 6.28. The Balaban J connectivity index is 0.00000169. The van der Waals surface area contributed by atoms with Gasteiger partial charge in [-0.15, -0.1) is 37.2 Å². The van der Waals surface area contributed by atoms with Crippen LogP contribution in [0.3, 0.4) is 0 Å². The lowest BCUT2D eigenvalue weighted by Crippen LogP contribution is -2.60. The van der Waals surface area contributed by atoms with Crippen LogP contribution in [0.5, 0.6) is 0 Å². The zero-order chi connectivity index (χ0) is 27.5. The van der Waals surface area contributed by atoms with Gasteiger partial charge in [-0.2, -0.15) is 0 Å². The number of halogens is 4. The molecule has 0 aliphatic carbocycles. The van der Waals surface area contributed by atoms with E-state index in [0.29, 0.717) is 0 Å². The second-order valence-electron chi connectivity index (χ2n) is 11.0. The van der Waals surface area contributed by atoms with E-state index in [2.05, 4.69) is 115 Å². The number of H-pyrrole nitrogens is 1. The first kappa shape index (κ1) is 34.7. The molecule has 0 spiro atoms.